The zero-order chi connectivity index (χ0) is 17.0. The number of halogens is 1. The molecule has 0 spiro atoms. The van der Waals surface area contributed by atoms with Crippen LogP contribution in [-0.2, 0) is 9.53 Å². The van der Waals surface area contributed by atoms with Gasteiger partial charge in [-0.25, -0.2) is 9.18 Å². The Labute approximate surface area is 135 Å². The highest BCUT2D eigenvalue weighted by Gasteiger charge is 2.23. The van der Waals surface area contributed by atoms with Gasteiger partial charge in [0.2, 0.25) is 0 Å². The molecule has 122 valence electrons. The minimum absolute atomic E-state index is 0.285. The molecule has 0 fully saturated rings. The molecular weight excluding hydrogens is 295 g/mol. The lowest BCUT2D eigenvalue weighted by molar-refractivity contribution is -0.144. The number of carbonyl (C=O) groups is 1. The summed E-state index contributed by atoms with van der Waals surface area (Å²) in [7, 11) is 0. The number of nitrogens with two attached hydrogens (primary N) is 1. The zero-order valence-electron chi connectivity index (χ0n) is 13.5. The van der Waals surface area contributed by atoms with Crippen molar-refractivity contribution in [3.8, 4) is 0 Å². The topological polar surface area (TPSA) is 64.3 Å². The van der Waals surface area contributed by atoms with Gasteiger partial charge in [0.15, 0.2) is 6.04 Å². The van der Waals surface area contributed by atoms with Crippen molar-refractivity contribution in [2.45, 2.75) is 26.8 Å². The van der Waals surface area contributed by atoms with Crippen molar-refractivity contribution in [2.24, 2.45) is 0 Å². The maximum atomic E-state index is 13.0. The van der Waals surface area contributed by atoms with Crippen LogP contribution in [0.15, 0.2) is 36.4 Å². The van der Waals surface area contributed by atoms with Crippen molar-refractivity contribution in [1.82, 2.24) is 0 Å². The predicted molar refractivity (Wildman–Crippen MR) is 89.7 cm³/mol. The molecule has 0 heterocycles. The van der Waals surface area contributed by atoms with Gasteiger partial charge in [-0.3, -0.25) is 0 Å². The number of esters is 1. The number of nitrogen functional groups attached to an aromatic ring is 1. The standard InChI is InChI=1S/C18H21FN2O2/c1-4-23-18(22)17(21-15-7-5-14(19)6-8-15)13-9-11(2)16(20)12(3)10-13/h5-10,17,21H,4,20H2,1-3H3. The summed E-state index contributed by atoms with van der Waals surface area (Å²) in [6, 6.07) is 8.88. The Bertz CT molecular complexity index is 676. The molecule has 1 unspecified atom stereocenters. The van der Waals surface area contributed by atoms with E-state index >= 15 is 0 Å². The summed E-state index contributed by atoms with van der Waals surface area (Å²) in [6.45, 7) is 5.83. The molecule has 5 heteroatoms. The summed E-state index contributed by atoms with van der Waals surface area (Å²) in [5.41, 5.74) is 9.88. The second kappa shape index (κ2) is 7.13. The molecule has 0 aliphatic carbocycles. The summed E-state index contributed by atoms with van der Waals surface area (Å²) in [6.07, 6.45) is 0. The van der Waals surface area contributed by atoms with Crippen LogP contribution in [0.5, 0.6) is 0 Å². The van der Waals surface area contributed by atoms with Crippen molar-refractivity contribution >= 4 is 17.3 Å². The third-order valence-electron chi connectivity index (χ3n) is 3.63. The van der Waals surface area contributed by atoms with Gasteiger partial charge in [-0.15, -0.1) is 0 Å². The Morgan fingerprint density at radius 1 is 1.22 bits per heavy atom. The molecule has 4 nitrogen and oxygen atoms in total. The Morgan fingerprint density at radius 2 is 1.78 bits per heavy atom. The molecule has 23 heavy (non-hydrogen) atoms. The lowest BCUT2D eigenvalue weighted by Gasteiger charge is -2.20. The minimum atomic E-state index is -0.682. The van der Waals surface area contributed by atoms with Gasteiger partial charge in [-0.2, -0.15) is 0 Å². The van der Waals surface area contributed by atoms with Gasteiger partial charge in [-0.05, 0) is 61.7 Å². The molecule has 2 rings (SSSR count). The number of anilines is 2. The smallest absolute Gasteiger partial charge is 0.333 e. The van der Waals surface area contributed by atoms with E-state index in [0.717, 1.165) is 16.7 Å². The SMILES string of the molecule is CCOC(=O)C(Nc1ccc(F)cc1)c1cc(C)c(N)c(C)c1. The first kappa shape index (κ1) is 16.8. The fraction of sp³-hybridized carbons (Fsp3) is 0.278. The van der Waals surface area contributed by atoms with E-state index in [9.17, 15) is 9.18 Å². The second-order valence-electron chi connectivity index (χ2n) is 5.40. The van der Waals surface area contributed by atoms with Crippen LogP contribution in [0.3, 0.4) is 0 Å². The number of nitrogens with one attached hydrogen (secondary N) is 1. The lowest BCUT2D eigenvalue weighted by Crippen LogP contribution is -2.23. The van der Waals surface area contributed by atoms with Gasteiger partial charge in [0, 0.05) is 11.4 Å². The molecule has 0 aliphatic heterocycles. The summed E-state index contributed by atoms with van der Waals surface area (Å²) in [4.78, 5) is 12.3. The van der Waals surface area contributed by atoms with Gasteiger partial charge in [0.05, 0.1) is 6.61 Å². The average Bonchev–Trinajstić information content (AvgIpc) is 2.51. The van der Waals surface area contributed by atoms with E-state index in [1.165, 1.54) is 12.1 Å². The molecule has 0 aliphatic rings. The molecule has 3 N–H and O–H groups in total. The van der Waals surface area contributed by atoms with E-state index < -0.39 is 6.04 Å². The second-order valence-corrected chi connectivity index (χ2v) is 5.40. The van der Waals surface area contributed by atoms with E-state index in [1.807, 2.05) is 26.0 Å². The Morgan fingerprint density at radius 3 is 2.30 bits per heavy atom. The Kier molecular flexibility index (Phi) is 5.21. The number of carbonyl (C=O) groups excluding carboxylic acids is 1. The molecule has 1 atom stereocenters. The molecule has 0 amide bonds. The number of hydrogen-bond donors (Lipinski definition) is 2. The number of ether oxygens (including phenoxy) is 1. The molecule has 2 aromatic rings. The first-order valence-corrected chi connectivity index (χ1v) is 7.47. The van der Waals surface area contributed by atoms with Crippen LogP contribution in [0.4, 0.5) is 15.8 Å². The van der Waals surface area contributed by atoms with E-state index in [2.05, 4.69) is 5.32 Å². The lowest BCUT2D eigenvalue weighted by atomic mass is 9.99. The van der Waals surface area contributed by atoms with Crippen LogP contribution >= 0.6 is 0 Å². The normalized spacial score (nSPS) is 11.8. The van der Waals surface area contributed by atoms with Crippen LogP contribution in [0.2, 0.25) is 0 Å². The maximum absolute atomic E-state index is 13.0. The van der Waals surface area contributed by atoms with Gasteiger partial charge >= 0.3 is 5.97 Å². The van der Waals surface area contributed by atoms with Crippen LogP contribution in [0.25, 0.3) is 0 Å². The van der Waals surface area contributed by atoms with Crippen LogP contribution in [0, 0.1) is 19.7 Å². The third kappa shape index (κ3) is 4.00. The monoisotopic (exact) mass is 316 g/mol. The zero-order valence-corrected chi connectivity index (χ0v) is 13.5. The molecular formula is C18H21FN2O2. The summed E-state index contributed by atoms with van der Waals surface area (Å²) in [5.74, 6) is -0.720. The van der Waals surface area contributed by atoms with Gasteiger partial charge in [-0.1, -0.05) is 12.1 Å². The Balaban J connectivity index is 2.37. The molecule has 0 radical (unpaired) electrons. The maximum Gasteiger partial charge on any atom is 0.333 e. The minimum Gasteiger partial charge on any atom is -0.464 e. The number of rotatable bonds is 5. The van der Waals surface area contributed by atoms with Crippen molar-refractivity contribution in [1.29, 1.82) is 0 Å². The molecule has 2 aromatic carbocycles. The fourth-order valence-electron chi connectivity index (χ4n) is 2.39. The van der Waals surface area contributed by atoms with Crippen LogP contribution in [0.1, 0.15) is 29.7 Å². The van der Waals surface area contributed by atoms with E-state index in [1.54, 1.807) is 19.1 Å². The number of aryl methyl sites for hydroxylation is 2. The molecule has 0 saturated carbocycles. The average molecular weight is 316 g/mol. The third-order valence-corrected chi connectivity index (χ3v) is 3.63. The Hall–Kier alpha value is -2.56. The van der Waals surface area contributed by atoms with E-state index in [0.29, 0.717) is 11.4 Å². The molecule has 0 aromatic heterocycles. The first-order valence-electron chi connectivity index (χ1n) is 7.47. The highest BCUT2D eigenvalue weighted by atomic mass is 19.1. The largest absolute Gasteiger partial charge is 0.464 e. The van der Waals surface area contributed by atoms with Gasteiger partial charge < -0.3 is 15.8 Å². The van der Waals surface area contributed by atoms with Crippen molar-refractivity contribution in [3.05, 3.63) is 58.9 Å². The van der Waals surface area contributed by atoms with Gasteiger partial charge in [0.1, 0.15) is 5.82 Å². The number of hydrogen-bond acceptors (Lipinski definition) is 4. The van der Waals surface area contributed by atoms with Crippen molar-refractivity contribution in [2.75, 3.05) is 17.7 Å². The highest BCUT2D eigenvalue weighted by Crippen LogP contribution is 2.27. The van der Waals surface area contributed by atoms with E-state index in [4.69, 9.17) is 10.5 Å². The summed E-state index contributed by atoms with van der Waals surface area (Å²) in [5, 5.41) is 3.10. The molecule has 0 bridgehead atoms. The quantitative estimate of drug-likeness (QED) is 0.651. The number of benzene rings is 2. The fourth-order valence-corrected chi connectivity index (χ4v) is 2.39. The first-order chi connectivity index (χ1) is 10.9. The van der Waals surface area contributed by atoms with Crippen LogP contribution < -0.4 is 11.1 Å². The summed E-state index contributed by atoms with van der Waals surface area (Å²) >= 11 is 0. The van der Waals surface area contributed by atoms with Crippen molar-refractivity contribution < 1.29 is 13.9 Å². The van der Waals surface area contributed by atoms with Crippen molar-refractivity contribution in [3.63, 3.8) is 0 Å². The highest BCUT2D eigenvalue weighted by molar-refractivity contribution is 5.81. The predicted octanol–water partition coefficient (Wildman–Crippen LogP) is 3.74. The van der Waals surface area contributed by atoms with Crippen LogP contribution in [-0.4, -0.2) is 12.6 Å². The summed E-state index contributed by atoms with van der Waals surface area (Å²) < 4.78 is 18.2. The van der Waals surface area contributed by atoms with E-state index in [-0.39, 0.29) is 18.4 Å². The molecule has 0 saturated heterocycles. The van der Waals surface area contributed by atoms with Gasteiger partial charge in [0.25, 0.3) is 0 Å².